The van der Waals surface area contributed by atoms with Gasteiger partial charge in [-0.05, 0) is 53.3 Å². The zero-order valence-electron chi connectivity index (χ0n) is 11.0. The average molecular weight is 370 g/mol. The molecule has 0 aliphatic carbocycles. The molecule has 0 amide bonds. The number of anilines is 1. The van der Waals surface area contributed by atoms with Crippen LogP contribution in [-0.2, 0) is 0 Å². The highest BCUT2D eigenvalue weighted by Gasteiger charge is 2.14. The third-order valence-corrected chi connectivity index (χ3v) is 3.55. The molecular formula is C14H15IN2O2. The SMILES string of the molecule is Cc1ccc(-n2cc(I)cc2C(=O)O)cc1N(C)C. The smallest absolute Gasteiger partial charge is 0.352 e. The monoisotopic (exact) mass is 370 g/mol. The van der Waals surface area contributed by atoms with E-state index in [0.29, 0.717) is 0 Å². The molecule has 0 radical (unpaired) electrons. The highest BCUT2D eigenvalue weighted by molar-refractivity contribution is 14.1. The number of nitrogens with zero attached hydrogens (tertiary/aromatic N) is 2. The van der Waals surface area contributed by atoms with Gasteiger partial charge in [-0.1, -0.05) is 6.07 Å². The van der Waals surface area contributed by atoms with Crippen molar-refractivity contribution in [1.29, 1.82) is 0 Å². The lowest BCUT2D eigenvalue weighted by Crippen LogP contribution is -2.12. The molecule has 2 rings (SSSR count). The average Bonchev–Trinajstić information content (AvgIpc) is 2.71. The van der Waals surface area contributed by atoms with Gasteiger partial charge in [-0.15, -0.1) is 0 Å². The van der Waals surface area contributed by atoms with Gasteiger partial charge in [0.25, 0.3) is 0 Å². The van der Waals surface area contributed by atoms with E-state index in [1.54, 1.807) is 10.6 Å². The molecule has 1 heterocycles. The van der Waals surface area contributed by atoms with E-state index in [1.807, 2.05) is 50.3 Å². The zero-order valence-corrected chi connectivity index (χ0v) is 13.2. The first-order chi connectivity index (χ1) is 8.90. The minimum absolute atomic E-state index is 0.276. The van der Waals surface area contributed by atoms with E-state index in [-0.39, 0.29) is 5.69 Å². The van der Waals surface area contributed by atoms with Crippen LogP contribution in [0.5, 0.6) is 0 Å². The van der Waals surface area contributed by atoms with E-state index >= 15 is 0 Å². The minimum Gasteiger partial charge on any atom is -0.477 e. The Labute approximate surface area is 125 Å². The number of hydrogen-bond donors (Lipinski definition) is 1. The molecule has 2 aromatic rings. The summed E-state index contributed by atoms with van der Waals surface area (Å²) in [4.78, 5) is 13.3. The Morgan fingerprint density at radius 2 is 2.00 bits per heavy atom. The number of carboxylic acid groups (broad SMARTS) is 1. The van der Waals surface area contributed by atoms with Crippen molar-refractivity contribution in [3.05, 3.63) is 45.3 Å². The third kappa shape index (κ3) is 2.75. The number of aromatic nitrogens is 1. The molecule has 4 nitrogen and oxygen atoms in total. The Kier molecular flexibility index (Phi) is 3.84. The highest BCUT2D eigenvalue weighted by Crippen LogP contribution is 2.24. The van der Waals surface area contributed by atoms with Crippen molar-refractivity contribution in [2.75, 3.05) is 19.0 Å². The van der Waals surface area contributed by atoms with Crippen LogP contribution in [0.2, 0.25) is 0 Å². The molecule has 0 unspecified atom stereocenters. The summed E-state index contributed by atoms with van der Waals surface area (Å²) in [5, 5.41) is 9.24. The zero-order chi connectivity index (χ0) is 14.2. The van der Waals surface area contributed by atoms with Crippen LogP contribution in [0.3, 0.4) is 0 Å². The van der Waals surface area contributed by atoms with Crippen LogP contribution in [0.4, 0.5) is 5.69 Å². The van der Waals surface area contributed by atoms with Crippen LogP contribution in [0.25, 0.3) is 5.69 Å². The maximum absolute atomic E-state index is 11.3. The molecule has 0 spiro atoms. The summed E-state index contributed by atoms with van der Waals surface area (Å²) in [5.41, 5.74) is 3.37. The first-order valence-electron chi connectivity index (χ1n) is 5.79. The molecule has 1 aromatic carbocycles. The second-order valence-corrected chi connectivity index (χ2v) is 5.83. The number of carbonyl (C=O) groups is 1. The number of hydrogen-bond acceptors (Lipinski definition) is 2. The molecule has 0 fully saturated rings. The van der Waals surface area contributed by atoms with E-state index in [1.165, 1.54) is 0 Å². The van der Waals surface area contributed by atoms with Crippen molar-refractivity contribution in [2.24, 2.45) is 0 Å². The molecule has 0 aliphatic rings. The van der Waals surface area contributed by atoms with Gasteiger partial charge in [0, 0.05) is 35.2 Å². The molecule has 0 saturated carbocycles. The second kappa shape index (κ2) is 5.24. The highest BCUT2D eigenvalue weighted by atomic mass is 127. The molecule has 5 heteroatoms. The topological polar surface area (TPSA) is 45.5 Å². The van der Waals surface area contributed by atoms with Crippen LogP contribution in [0.1, 0.15) is 16.1 Å². The fourth-order valence-corrected chi connectivity index (χ4v) is 2.61. The molecule has 100 valence electrons. The van der Waals surface area contributed by atoms with Crippen molar-refractivity contribution in [1.82, 2.24) is 4.57 Å². The van der Waals surface area contributed by atoms with Crippen molar-refractivity contribution in [3.63, 3.8) is 0 Å². The summed E-state index contributed by atoms with van der Waals surface area (Å²) in [7, 11) is 3.95. The fraction of sp³-hybridized carbons (Fsp3) is 0.214. The van der Waals surface area contributed by atoms with Gasteiger partial charge >= 0.3 is 5.97 Å². The lowest BCUT2D eigenvalue weighted by Gasteiger charge is -2.17. The molecule has 0 bridgehead atoms. The quantitative estimate of drug-likeness (QED) is 0.845. The number of aromatic carboxylic acids is 1. The van der Waals surface area contributed by atoms with Gasteiger partial charge in [-0.3, -0.25) is 0 Å². The summed E-state index contributed by atoms with van der Waals surface area (Å²) in [6.45, 7) is 2.04. The number of halogens is 1. The molecule has 19 heavy (non-hydrogen) atoms. The van der Waals surface area contributed by atoms with Gasteiger partial charge in [0.2, 0.25) is 0 Å². The number of rotatable bonds is 3. The third-order valence-electron chi connectivity index (χ3n) is 2.96. The maximum atomic E-state index is 11.3. The predicted octanol–water partition coefficient (Wildman–Crippen LogP) is 3.15. The van der Waals surface area contributed by atoms with Gasteiger partial charge in [0.1, 0.15) is 5.69 Å². The summed E-state index contributed by atoms with van der Waals surface area (Å²) in [6.07, 6.45) is 1.83. The van der Waals surface area contributed by atoms with Crippen LogP contribution in [0, 0.1) is 10.5 Å². The van der Waals surface area contributed by atoms with Gasteiger partial charge in [-0.2, -0.15) is 0 Å². The van der Waals surface area contributed by atoms with E-state index in [0.717, 1.165) is 20.5 Å². The standard InChI is InChI=1S/C14H15IN2O2/c1-9-4-5-11(7-12(9)16(2)3)17-8-10(15)6-13(17)14(18)19/h4-8H,1-3H3,(H,18,19). The normalized spacial score (nSPS) is 10.5. The maximum Gasteiger partial charge on any atom is 0.352 e. The summed E-state index contributed by atoms with van der Waals surface area (Å²) in [6, 6.07) is 7.60. The van der Waals surface area contributed by atoms with Crippen molar-refractivity contribution >= 4 is 34.2 Å². The Hall–Kier alpha value is -1.50. The van der Waals surface area contributed by atoms with E-state index in [9.17, 15) is 9.90 Å². The van der Waals surface area contributed by atoms with E-state index < -0.39 is 5.97 Å². The lowest BCUT2D eigenvalue weighted by atomic mass is 10.1. The molecule has 0 atom stereocenters. The van der Waals surface area contributed by atoms with Crippen molar-refractivity contribution in [3.8, 4) is 5.69 Å². The van der Waals surface area contributed by atoms with Gasteiger partial charge < -0.3 is 14.6 Å². The summed E-state index contributed by atoms with van der Waals surface area (Å²) >= 11 is 2.12. The van der Waals surface area contributed by atoms with Crippen LogP contribution in [-0.4, -0.2) is 29.7 Å². The van der Waals surface area contributed by atoms with Crippen molar-refractivity contribution < 1.29 is 9.90 Å². The molecule has 1 aromatic heterocycles. The molecule has 1 N–H and O–H groups in total. The Balaban J connectivity index is 2.59. The summed E-state index contributed by atoms with van der Waals surface area (Å²) < 4.78 is 2.61. The fourth-order valence-electron chi connectivity index (χ4n) is 2.04. The summed E-state index contributed by atoms with van der Waals surface area (Å²) in [5.74, 6) is -0.921. The number of carboxylic acids is 1. The first kappa shape index (κ1) is 13.9. The van der Waals surface area contributed by atoms with Crippen LogP contribution >= 0.6 is 22.6 Å². The molecular weight excluding hydrogens is 355 g/mol. The van der Waals surface area contributed by atoms with Crippen LogP contribution < -0.4 is 4.90 Å². The molecule has 0 aliphatic heterocycles. The van der Waals surface area contributed by atoms with Gasteiger partial charge in [-0.25, -0.2) is 4.79 Å². The predicted molar refractivity (Wildman–Crippen MR) is 84.5 cm³/mol. The largest absolute Gasteiger partial charge is 0.477 e. The van der Waals surface area contributed by atoms with Crippen molar-refractivity contribution in [2.45, 2.75) is 6.92 Å². The van der Waals surface area contributed by atoms with Gasteiger partial charge in [0.15, 0.2) is 0 Å². The Morgan fingerprint density at radius 1 is 1.32 bits per heavy atom. The number of aryl methyl sites for hydroxylation is 1. The van der Waals surface area contributed by atoms with Crippen LogP contribution in [0.15, 0.2) is 30.5 Å². The number of benzene rings is 1. The van der Waals surface area contributed by atoms with Gasteiger partial charge in [0.05, 0.1) is 0 Å². The van der Waals surface area contributed by atoms with E-state index in [4.69, 9.17) is 0 Å². The lowest BCUT2D eigenvalue weighted by molar-refractivity contribution is 0.0688. The van der Waals surface area contributed by atoms with E-state index in [2.05, 4.69) is 22.6 Å². The Bertz CT molecular complexity index is 632. The molecule has 0 saturated heterocycles. The minimum atomic E-state index is -0.921. The second-order valence-electron chi connectivity index (χ2n) is 4.58. The first-order valence-corrected chi connectivity index (χ1v) is 6.87. The Morgan fingerprint density at radius 3 is 2.58 bits per heavy atom.